The predicted molar refractivity (Wildman–Crippen MR) is 107 cm³/mol. The first-order valence-electron chi connectivity index (χ1n) is 7.71. The first kappa shape index (κ1) is 19.2. The fourth-order valence-corrected chi connectivity index (χ4v) is 4.87. The molecule has 3 rings (SSSR count). The highest BCUT2D eigenvalue weighted by atomic mass is 35.5. The van der Waals surface area contributed by atoms with Gasteiger partial charge < -0.3 is 9.73 Å². The van der Waals surface area contributed by atoms with Crippen LogP contribution in [0.1, 0.15) is 18.6 Å². The maximum absolute atomic E-state index is 11.8. The number of furan rings is 1. The molecule has 6 nitrogen and oxygen atoms in total. The van der Waals surface area contributed by atoms with Gasteiger partial charge >= 0.3 is 0 Å². The van der Waals surface area contributed by atoms with Crippen molar-refractivity contribution in [3.63, 3.8) is 0 Å². The zero-order valence-corrected chi connectivity index (χ0v) is 16.6. The Morgan fingerprint density at radius 1 is 1.31 bits per heavy atom. The Labute approximate surface area is 166 Å². The smallest absolute Gasteiger partial charge is 0.187 e. The van der Waals surface area contributed by atoms with Crippen LogP contribution in [0.5, 0.6) is 0 Å². The van der Waals surface area contributed by atoms with Crippen LogP contribution in [0.15, 0.2) is 39.9 Å². The molecule has 1 aromatic carbocycles. The van der Waals surface area contributed by atoms with E-state index in [9.17, 15) is 8.42 Å². The van der Waals surface area contributed by atoms with Crippen LogP contribution in [0, 0.1) is 0 Å². The van der Waals surface area contributed by atoms with Crippen molar-refractivity contribution in [2.45, 2.75) is 18.2 Å². The molecule has 0 saturated carbocycles. The van der Waals surface area contributed by atoms with Gasteiger partial charge in [0.05, 0.1) is 17.0 Å². The van der Waals surface area contributed by atoms with Gasteiger partial charge in [0.2, 0.25) is 0 Å². The van der Waals surface area contributed by atoms with E-state index in [1.165, 1.54) is 6.21 Å². The maximum Gasteiger partial charge on any atom is 0.187 e. The minimum atomic E-state index is -3.13. The van der Waals surface area contributed by atoms with E-state index in [1.807, 2.05) is 0 Å². The van der Waals surface area contributed by atoms with Crippen molar-refractivity contribution < 1.29 is 12.8 Å². The van der Waals surface area contributed by atoms with Crippen molar-refractivity contribution in [2.75, 3.05) is 5.75 Å². The van der Waals surface area contributed by atoms with E-state index in [-0.39, 0.29) is 10.9 Å². The molecular weight excluding hydrogens is 417 g/mol. The van der Waals surface area contributed by atoms with E-state index >= 15 is 0 Å². The van der Waals surface area contributed by atoms with Crippen molar-refractivity contribution in [2.24, 2.45) is 5.10 Å². The minimum Gasteiger partial charge on any atom is -0.455 e. The monoisotopic (exact) mass is 431 g/mol. The lowest BCUT2D eigenvalue weighted by molar-refractivity contribution is 0.574. The Balaban J connectivity index is 1.60. The molecule has 138 valence electrons. The van der Waals surface area contributed by atoms with Gasteiger partial charge in [0.15, 0.2) is 14.9 Å². The van der Waals surface area contributed by atoms with Crippen LogP contribution in [-0.4, -0.2) is 30.9 Å². The lowest BCUT2D eigenvalue weighted by Crippen LogP contribution is -2.42. The summed E-state index contributed by atoms with van der Waals surface area (Å²) in [5, 5.41) is 7.27. The van der Waals surface area contributed by atoms with E-state index in [0.29, 0.717) is 40.0 Å². The van der Waals surface area contributed by atoms with Crippen LogP contribution in [0.2, 0.25) is 10.0 Å². The topological polar surface area (TPSA) is 83.7 Å². The Morgan fingerprint density at radius 2 is 2.12 bits per heavy atom. The second kappa shape index (κ2) is 7.96. The molecule has 2 N–H and O–H groups in total. The third-order valence-corrected chi connectivity index (χ3v) is 6.65. The summed E-state index contributed by atoms with van der Waals surface area (Å²) < 4.78 is 29.2. The number of hydrogen-bond acceptors (Lipinski definition) is 5. The van der Waals surface area contributed by atoms with Gasteiger partial charge in [-0.05, 0) is 55.4 Å². The molecule has 26 heavy (non-hydrogen) atoms. The van der Waals surface area contributed by atoms with Crippen LogP contribution in [0.25, 0.3) is 11.3 Å². The molecule has 1 unspecified atom stereocenters. The Kier molecular flexibility index (Phi) is 5.86. The SMILES string of the molecule is O=S1(=O)CCCC1NC(=S)NN=Cc1ccc(-c2cc(Cl)ccc2Cl)o1. The zero-order valence-electron chi connectivity index (χ0n) is 13.4. The summed E-state index contributed by atoms with van der Waals surface area (Å²) in [7, 11) is -3.13. The van der Waals surface area contributed by atoms with Crippen molar-refractivity contribution in [3.05, 3.63) is 46.1 Å². The third-order valence-electron chi connectivity index (χ3n) is 3.80. The number of sulfone groups is 1. The van der Waals surface area contributed by atoms with Crippen molar-refractivity contribution in [1.29, 1.82) is 0 Å². The minimum absolute atomic E-state index is 0.140. The molecule has 1 saturated heterocycles. The highest BCUT2D eigenvalue weighted by Gasteiger charge is 2.31. The van der Waals surface area contributed by atoms with Gasteiger partial charge in [-0.2, -0.15) is 5.10 Å². The van der Waals surface area contributed by atoms with Gasteiger partial charge in [-0.1, -0.05) is 23.2 Å². The molecule has 2 aromatic rings. The number of rotatable bonds is 4. The number of hydrogen-bond donors (Lipinski definition) is 2. The Bertz CT molecular complexity index is 957. The van der Waals surface area contributed by atoms with Gasteiger partial charge in [-0.25, -0.2) is 8.42 Å². The van der Waals surface area contributed by atoms with E-state index < -0.39 is 15.2 Å². The van der Waals surface area contributed by atoms with Crippen LogP contribution in [0.3, 0.4) is 0 Å². The molecule has 1 aromatic heterocycles. The van der Waals surface area contributed by atoms with Gasteiger partial charge in [-0.3, -0.25) is 5.43 Å². The highest BCUT2D eigenvalue weighted by molar-refractivity contribution is 7.92. The van der Waals surface area contributed by atoms with Crippen molar-refractivity contribution >= 4 is 56.6 Å². The summed E-state index contributed by atoms with van der Waals surface area (Å²) in [4.78, 5) is 0. The Morgan fingerprint density at radius 3 is 2.85 bits per heavy atom. The van der Waals surface area contributed by atoms with Crippen molar-refractivity contribution in [3.8, 4) is 11.3 Å². The van der Waals surface area contributed by atoms with E-state index in [4.69, 9.17) is 39.8 Å². The second-order valence-electron chi connectivity index (χ2n) is 5.67. The lowest BCUT2D eigenvalue weighted by atomic mass is 10.2. The van der Waals surface area contributed by atoms with Crippen LogP contribution < -0.4 is 10.7 Å². The number of benzene rings is 1. The van der Waals surface area contributed by atoms with Gasteiger partial charge in [-0.15, -0.1) is 0 Å². The first-order valence-corrected chi connectivity index (χ1v) is 10.6. The van der Waals surface area contributed by atoms with E-state index in [0.717, 1.165) is 0 Å². The summed E-state index contributed by atoms with van der Waals surface area (Å²) in [6.45, 7) is 0. The molecule has 2 heterocycles. The molecule has 0 bridgehead atoms. The zero-order chi connectivity index (χ0) is 18.7. The molecule has 0 amide bonds. The summed E-state index contributed by atoms with van der Waals surface area (Å²) in [5.74, 6) is 1.20. The summed E-state index contributed by atoms with van der Waals surface area (Å²) in [6, 6.07) is 8.57. The number of nitrogens with one attached hydrogen (secondary N) is 2. The van der Waals surface area contributed by atoms with Crippen LogP contribution in [-0.2, 0) is 9.84 Å². The van der Waals surface area contributed by atoms with Crippen molar-refractivity contribution in [1.82, 2.24) is 10.7 Å². The number of halogens is 2. The van der Waals surface area contributed by atoms with Crippen LogP contribution >= 0.6 is 35.4 Å². The van der Waals surface area contributed by atoms with Gasteiger partial charge in [0, 0.05) is 10.6 Å². The number of thiocarbonyl (C=S) groups is 1. The number of hydrazone groups is 1. The van der Waals surface area contributed by atoms with Gasteiger partial charge in [0.1, 0.15) is 16.9 Å². The fourth-order valence-electron chi connectivity index (χ4n) is 2.54. The molecule has 1 aliphatic rings. The molecule has 0 spiro atoms. The van der Waals surface area contributed by atoms with Crippen LogP contribution in [0.4, 0.5) is 0 Å². The second-order valence-corrected chi connectivity index (χ2v) is 9.22. The van der Waals surface area contributed by atoms with E-state index in [2.05, 4.69) is 15.8 Å². The molecule has 1 atom stereocenters. The quantitative estimate of drug-likeness (QED) is 0.437. The average molecular weight is 432 g/mol. The molecular formula is C16H15Cl2N3O3S2. The third kappa shape index (κ3) is 4.56. The summed E-state index contributed by atoms with van der Waals surface area (Å²) in [6.07, 6.45) is 2.60. The molecule has 1 fully saturated rings. The molecule has 0 aliphatic carbocycles. The normalized spacial score (nSPS) is 18.9. The largest absolute Gasteiger partial charge is 0.455 e. The molecule has 10 heteroatoms. The van der Waals surface area contributed by atoms with E-state index in [1.54, 1.807) is 30.3 Å². The lowest BCUT2D eigenvalue weighted by Gasteiger charge is -2.12. The van der Waals surface area contributed by atoms with Gasteiger partial charge in [0.25, 0.3) is 0 Å². The Hall–Kier alpha value is -1.61. The molecule has 1 aliphatic heterocycles. The summed E-state index contributed by atoms with van der Waals surface area (Å²) in [5.41, 5.74) is 3.26. The molecule has 0 radical (unpaired) electrons. The average Bonchev–Trinajstić information content (AvgIpc) is 3.17. The number of nitrogens with zero attached hydrogens (tertiary/aromatic N) is 1. The first-order chi connectivity index (χ1) is 12.3. The standard InChI is InChI=1S/C16H15Cl2N3O3S2/c17-10-3-5-13(18)12(8-10)14-6-4-11(24-14)9-19-21-16(25)20-15-2-1-7-26(15,22)23/h3-6,8-9,15H,1-2,7H2,(H2,20,21,25). The summed E-state index contributed by atoms with van der Waals surface area (Å²) >= 11 is 17.2. The fraction of sp³-hybridized carbons (Fsp3) is 0.250. The predicted octanol–water partition coefficient (Wildman–Crippen LogP) is 3.59. The highest BCUT2D eigenvalue weighted by Crippen LogP contribution is 2.31. The maximum atomic E-state index is 11.8.